The first-order chi connectivity index (χ1) is 7.27. The quantitative estimate of drug-likeness (QED) is 0.824. The molecule has 0 amide bonds. The van der Waals surface area contributed by atoms with E-state index in [2.05, 4.69) is 23.6 Å². The average molecular weight is 225 g/mol. The van der Waals surface area contributed by atoms with Gasteiger partial charge < -0.3 is 10.6 Å². The Morgan fingerprint density at radius 1 is 1.47 bits per heavy atom. The van der Waals surface area contributed by atoms with E-state index in [0.29, 0.717) is 12.1 Å². The maximum absolute atomic E-state index is 6.15. The lowest BCUT2D eigenvalue weighted by Crippen LogP contribution is -2.33. The second-order valence-corrected chi connectivity index (χ2v) is 4.51. The molecule has 1 aliphatic rings. The third kappa shape index (κ3) is 2.71. The van der Waals surface area contributed by atoms with E-state index in [1.807, 2.05) is 18.2 Å². The summed E-state index contributed by atoms with van der Waals surface area (Å²) in [5.74, 6) is 0. The molecule has 0 bridgehead atoms. The first-order valence-corrected chi connectivity index (χ1v) is 5.86. The minimum atomic E-state index is 0.323. The van der Waals surface area contributed by atoms with Crippen molar-refractivity contribution >= 4 is 11.6 Å². The molecule has 2 atom stereocenters. The zero-order chi connectivity index (χ0) is 10.7. The zero-order valence-electron chi connectivity index (χ0n) is 8.96. The zero-order valence-corrected chi connectivity index (χ0v) is 9.72. The molecule has 0 radical (unpaired) electrons. The van der Waals surface area contributed by atoms with Gasteiger partial charge >= 0.3 is 0 Å². The maximum Gasteiger partial charge on any atom is 0.0453 e. The molecular weight excluding hydrogens is 208 g/mol. The highest BCUT2D eigenvalue weighted by Gasteiger charge is 2.17. The van der Waals surface area contributed by atoms with Crippen molar-refractivity contribution in [1.29, 1.82) is 0 Å². The Morgan fingerprint density at radius 2 is 2.27 bits per heavy atom. The average Bonchev–Trinajstić information content (AvgIpc) is 2.71. The summed E-state index contributed by atoms with van der Waals surface area (Å²) < 4.78 is 0. The van der Waals surface area contributed by atoms with Crippen molar-refractivity contribution in [3.05, 3.63) is 34.9 Å². The van der Waals surface area contributed by atoms with Gasteiger partial charge in [0, 0.05) is 23.7 Å². The predicted molar refractivity (Wildman–Crippen MR) is 64.3 cm³/mol. The van der Waals surface area contributed by atoms with Crippen LogP contribution in [0.25, 0.3) is 0 Å². The Balaban J connectivity index is 2.00. The number of benzene rings is 1. The molecule has 0 spiro atoms. The first kappa shape index (κ1) is 10.9. The lowest BCUT2D eigenvalue weighted by atomic mass is 10.1. The standard InChI is InChI=1S/C12H17ClN2/c1-9(15-10-6-7-14-8-10)11-4-2-3-5-12(11)13/h2-5,9-10,14-15H,6-8H2,1H3/t9-,10?/m0/s1. The van der Waals surface area contributed by atoms with Crippen molar-refractivity contribution in [2.75, 3.05) is 13.1 Å². The Bertz CT molecular complexity index is 321. The van der Waals surface area contributed by atoms with Gasteiger partial charge in [-0.05, 0) is 31.5 Å². The lowest BCUT2D eigenvalue weighted by Gasteiger charge is -2.19. The van der Waals surface area contributed by atoms with E-state index in [9.17, 15) is 0 Å². The fourth-order valence-electron chi connectivity index (χ4n) is 2.07. The van der Waals surface area contributed by atoms with E-state index >= 15 is 0 Å². The predicted octanol–water partition coefficient (Wildman–Crippen LogP) is 2.35. The molecule has 2 nitrogen and oxygen atoms in total. The summed E-state index contributed by atoms with van der Waals surface area (Å²) in [6.45, 7) is 4.35. The van der Waals surface area contributed by atoms with Gasteiger partial charge in [-0.2, -0.15) is 0 Å². The van der Waals surface area contributed by atoms with Crippen molar-refractivity contribution in [2.45, 2.75) is 25.4 Å². The van der Waals surface area contributed by atoms with Crippen molar-refractivity contribution < 1.29 is 0 Å². The van der Waals surface area contributed by atoms with Crippen molar-refractivity contribution in [1.82, 2.24) is 10.6 Å². The van der Waals surface area contributed by atoms with Crippen LogP contribution in [-0.2, 0) is 0 Å². The molecule has 1 aromatic carbocycles. The van der Waals surface area contributed by atoms with Gasteiger partial charge in [0.05, 0.1) is 0 Å². The maximum atomic E-state index is 6.15. The SMILES string of the molecule is C[C@H](NC1CCNC1)c1ccccc1Cl. The molecular formula is C12H17ClN2. The highest BCUT2D eigenvalue weighted by molar-refractivity contribution is 6.31. The van der Waals surface area contributed by atoms with Crippen LogP contribution in [0.15, 0.2) is 24.3 Å². The van der Waals surface area contributed by atoms with E-state index in [1.54, 1.807) is 0 Å². The normalized spacial score (nSPS) is 22.9. The minimum absolute atomic E-state index is 0.323. The van der Waals surface area contributed by atoms with Gasteiger partial charge in [0.1, 0.15) is 0 Å². The molecule has 0 aromatic heterocycles. The molecule has 15 heavy (non-hydrogen) atoms. The van der Waals surface area contributed by atoms with Gasteiger partial charge in [0.15, 0.2) is 0 Å². The number of hydrogen-bond donors (Lipinski definition) is 2. The molecule has 1 aromatic rings. The molecule has 1 unspecified atom stereocenters. The highest BCUT2D eigenvalue weighted by atomic mass is 35.5. The van der Waals surface area contributed by atoms with Crippen LogP contribution < -0.4 is 10.6 Å². The van der Waals surface area contributed by atoms with Gasteiger partial charge in [-0.25, -0.2) is 0 Å². The van der Waals surface area contributed by atoms with Crippen molar-refractivity contribution in [2.24, 2.45) is 0 Å². The van der Waals surface area contributed by atoms with Crippen LogP contribution in [-0.4, -0.2) is 19.1 Å². The second kappa shape index (κ2) is 4.97. The van der Waals surface area contributed by atoms with E-state index in [1.165, 1.54) is 12.0 Å². The van der Waals surface area contributed by atoms with Crippen LogP contribution in [0.2, 0.25) is 5.02 Å². The molecule has 2 rings (SSSR count). The summed E-state index contributed by atoms with van der Waals surface area (Å²) in [5, 5.41) is 7.79. The third-order valence-electron chi connectivity index (χ3n) is 2.92. The third-order valence-corrected chi connectivity index (χ3v) is 3.26. The molecule has 1 heterocycles. The van der Waals surface area contributed by atoms with Crippen LogP contribution in [0, 0.1) is 0 Å². The summed E-state index contributed by atoms with van der Waals surface area (Å²) >= 11 is 6.15. The lowest BCUT2D eigenvalue weighted by molar-refractivity contribution is 0.478. The molecule has 1 fully saturated rings. The molecule has 1 aliphatic heterocycles. The van der Waals surface area contributed by atoms with Crippen LogP contribution in [0.5, 0.6) is 0 Å². The van der Waals surface area contributed by atoms with E-state index in [-0.39, 0.29) is 0 Å². The van der Waals surface area contributed by atoms with Gasteiger partial charge in [-0.15, -0.1) is 0 Å². The molecule has 2 N–H and O–H groups in total. The molecule has 1 saturated heterocycles. The monoisotopic (exact) mass is 224 g/mol. The van der Waals surface area contributed by atoms with E-state index in [0.717, 1.165) is 18.1 Å². The van der Waals surface area contributed by atoms with Crippen LogP contribution >= 0.6 is 11.6 Å². The van der Waals surface area contributed by atoms with Gasteiger partial charge in [-0.3, -0.25) is 0 Å². The molecule has 82 valence electrons. The number of nitrogens with one attached hydrogen (secondary N) is 2. The van der Waals surface area contributed by atoms with Crippen molar-refractivity contribution in [3.8, 4) is 0 Å². The Labute approximate surface area is 96.0 Å². The molecule has 0 saturated carbocycles. The highest BCUT2D eigenvalue weighted by Crippen LogP contribution is 2.22. The fourth-order valence-corrected chi connectivity index (χ4v) is 2.37. The number of hydrogen-bond acceptors (Lipinski definition) is 2. The smallest absolute Gasteiger partial charge is 0.0453 e. The Kier molecular flexibility index (Phi) is 3.62. The molecule has 0 aliphatic carbocycles. The summed E-state index contributed by atoms with van der Waals surface area (Å²) in [5.41, 5.74) is 1.19. The van der Waals surface area contributed by atoms with Crippen LogP contribution in [0.3, 0.4) is 0 Å². The minimum Gasteiger partial charge on any atom is -0.315 e. The van der Waals surface area contributed by atoms with Gasteiger partial charge in [0.25, 0.3) is 0 Å². The largest absolute Gasteiger partial charge is 0.315 e. The van der Waals surface area contributed by atoms with Crippen LogP contribution in [0.4, 0.5) is 0 Å². The second-order valence-electron chi connectivity index (χ2n) is 4.10. The van der Waals surface area contributed by atoms with Crippen LogP contribution in [0.1, 0.15) is 24.9 Å². The summed E-state index contributed by atoms with van der Waals surface area (Å²) in [6.07, 6.45) is 1.20. The van der Waals surface area contributed by atoms with Gasteiger partial charge in [0.2, 0.25) is 0 Å². The fraction of sp³-hybridized carbons (Fsp3) is 0.500. The molecule has 3 heteroatoms. The number of halogens is 1. The Morgan fingerprint density at radius 3 is 2.93 bits per heavy atom. The van der Waals surface area contributed by atoms with E-state index in [4.69, 9.17) is 11.6 Å². The summed E-state index contributed by atoms with van der Waals surface area (Å²) in [6, 6.07) is 8.94. The Hall–Kier alpha value is -0.570. The topological polar surface area (TPSA) is 24.1 Å². The van der Waals surface area contributed by atoms with Crippen molar-refractivity contribution in [3.63, 3.8) is 0 Å². The summed E-state index contributed by atoms with van der Waals surface area (Å²) in [7, 11) is 0. The number of rotatable bonds is 3. The van der Waals surface area contributed by atoms with Gasteiger partial charge in [-0.1, -0.05) is 29.8 Å². The first-order valence-electron chi connectivity index (χ1n) is 5.48. The summed E-state index contributed by atoms with van der Waals surface area (Å²) in [4.78, 5) is 0. The van der Waals surface area contributed by atoms with E-state index < -0.39 is 0 Å².